The maximum Gasteiger partial charge on any atom is 0.274 e. The summed E-state index contributed by atoms with van der Waals surface area (Å²) < 4.78 is 10.7. The number of piperazine rings is 1. The first-order valence-corrected chi connectivity index (χ1v) is 8.15. The monoisotopic (exact) mass is 342 g/mol. The van der Waals surface area contributed by atoms with Gasteiger partial charge in [-0.15, -0.1) is 0 Å². The van der Waals surface area contributed by atoms with Crippen LogP contribution >= 0.6 is 0 Å². The van der Waals surface area contributed by atoms with E-state index >= 15 is 0 Å². The molecule has 8 nitrogen and oxygen atoms in total. The first kappa shape index (κ1) is 15.6. The number of carbonyl (C=O) groups is 1. The Morgan fingerprint density at radius 1 is 1.08 bits per heavy atom. The number of ether oxygens (including phenoxy) is 2. The Morgan fingerprint density at radius 3 is 2.64 bits per heavy atom. The van der Waals surface area contributed by atoms with Crippen LogP contribution < -0.4 is 15.0 Å². The summed E-state index contributed by atoms with van der Waals surface area (Å²) in [5.41, 5.74) is 1.11. The number of benzene rings is 1. The second-order valence-electron chi connectivity index (χ2n) is 6.06. The molecule has 2 aliphatic rings. The standard InChI is InChI=1S/C17H18N4O4/c22-16-4-2-13(18-19-16)17(23)21-7-5-20(6-8-21)10-12-1-3-14-15(9-12)25-11-24-14/h1-4,9H,5-8,10-11H2,(H,19,22). The Labute approximate surface area is 144 Å². The molecule has 0 saturated carbocycles. The molecule has 0 spiro atoms. The molecule has 0 unspecified atom stereocenters. The summed E-state index contributed by atoms with van der Waals surface area (Å²) in [6, 6.07) is 8.74. The van der Waals surface area contributed by atoms with Crippen LogP contribution in [0.3, 0.4) is 0 Å². The average Bonchev–Trinajstić information content (AvgIpc) is 3.10. The third-order valence-corrected chi connectivity index (χ3v) is 4.40. The minimum Gasteiger partial charge on any atom is -0.454 e. The van der Waals surface area contributed by atoms with Gasteiger partial charge in [0.1, 0.15) is 5.69 Å². The lowest BCUT2D eigenvalue weighted by Gasteiger charge is -2.34. The zero-order chi connectivity index (χ0) is 17.2. The van der Waals surface area contributed by atoms with E-state index in [0.29, 0.717) is 13.1 Å². The fraction of sp³-hybridized carbons (Fsp3) is 0.353. The highest BCUT2D eigenvalue weighted by Crippen LogP contribution is 2.32. The zero-order valence-corrected chi connectivity index (χ0v) is 13.6. The fourth-order valence-electron chi connectivity index (χ4n) is 3.03. The number of fused-ring (bicyclic) bond motifs is 1. The minimum absolute atomic E-state index is 0.154. The summed E-state index contributed by atoms with van der Waals surface area (Å²) in [6.45, 7) is 3.90. The van der Waals surface area contributed by atoms with Crippen molar-refractivity contribution in [3.8, 4) is 11.5 Å². The molecule has 1 saturated heterocycles. The summed E-state index contributed by atoms with van der Waals surface area (Å²) in [7, 11) is 0. The number of aromatic amines is 1. The van der Waals surface area contributed by atoms with E-state index in [2.05, 4.69) is 15.1 Å². The van der Waals surface area contributed by atoms with Crippen molar-refractivity contribution in [2.45, 2.75) is 6.54 Å². The van der Waals surface area contributed by atoms with Gasteiger partial charge in [0.25, 0.3) is 11.5 Å². The van der Waals surface area contributed by atoms with Crippen LogP contribution in [-0.2, 0) is 6.54 Å². The molecule has 4 rings (SSSR count). The normalized spacial score (nSPS) is 16.9. The van der Waals surface area contributed by atoms with Crippen LogP contribution in [0.4, 0.5) is 0 Å². The van der Waals surface area contributed by atoms with Crippen molar-refractivity contribution < 1.29 is 14.3 Å². The van der Waals surface area contributed by atoms with E-state index in [9.17, 15) is 9.59 Å². The molecule has 1 amide bonds. The topological polar surface area (TPSA) is 87.8 Å². The van der Waals surface area contributed by atoms with Crippen LogP contribution in [0, 0.1) is 0 Å². The number of H-pyrrole nitrogens is 1. The molecule has 0 bridgehead atoms. The van der Waals surface area contributed by atoms with Crippen molar-refractivity contribution in [2.75, 3.05) is 33.0 Å². The molecule has 1 aromatic heterocycles. The number of nitrogens with zero attached hydrogens (tertiary/aromatic N) is 3. The first-order chi connectivity index (χ1) is 12.2. The van der Waals surface area contributed by atoms with Gasteiger partial charge in [-0.05, 0) is 23.8 Å². The molecule has 3 heterocycles. The van der Waals surface area contributed by atoms with Gasteiger partial charge in [-0.1, -0.05) is 6.07 Å². The molecule has 0 radical (unpaired) electrons. The van der Waals surface area contributed by atoms with Gasteiger partial charge in [-0.25, -0.2) is 5.10 Å². The molecule has 130 valence electrons. The van der Waals surface area contributed by atoms with E-state index in [1.165, 1.54) is 12.1 Å². The van der Waals surface area contributed by atoms with Crippen LogP contribution in [0.25, 0.3) is 0 Å². The third-order valence-electron chi connectivity index (χ3n) is 4.40. The van der Waals surface area contributed by atoms with Crippen molar-refractivity contribution in [2.24, 2.45) is 0 Å². The van der Waals surface area contributed by atoms with E-state index < -0.39 is 0 Å². The maximum atomic E-state index is 12.4. The van der Waals surface area contributed by atoms with E-state index in [1.807, 2.05) is 18.2 Å². The van der Waals surface area contributed by atoms with Crippen LogP contribution in [0.5, 0.6) is 11.5 Å². The molecule has 8 heteroatoms. The van der Waals surface area contributed by atoms with Crippen molar-refractivity contribution >= 4 is 5.91 Å². The van der Waals surface area contributed by atoms with Crippen molar-refractivity contribution in [1.82, 2.24) is 20.0 Å². The van der Waals surface area contributed by atoms with E-state index in [1.54, 1.807) is 4.90 Å². The fourth-order valence-corrected chi connectivity index (χ4v) is 3.03. The lowest BCUT2D eigenvalue weighted by Crippen LogP contribution is -2.48. The van der Waals surface area contributed by atoms with Gasteiger partial charge in [-0.3, -0.25) is 14.5 Å². The van der Waals surface area contributed by atoms with Gasteiger partial charge < -0.3 is 14.4 Å². The summed E-state index contributed by atoms with van der Waals surface area (Å²) in [5.74, 6) is 1.42. The minimum atomic E-state index is -0.315. The number of hydrogen-bond acceptors (Lipinski definition) is 6. The van der Waals surface area contributed by atoms with Crippen LogP contribution in [0.2, 0.25) is 0 Å². The smallest absolute Gasteiger partial charge is 0.274 e. The van der Waals surface area contributed by atoms with Crippen LogP contribution in [0.1, 0.15) is 16.1 Å². The highest BCUT2D eigenvalue weighted by molar-refractivity contribution is 5.92. The van der Waals surface area contributed by atoms with Gasteiger partial charge in [-0.2, -0.15) is 5.10 Å². The van der Waals surface area contributed by atoms with Gasteiger partial charge in [0.05, 0.1) is 0 Å². The Balaban J connectivity index is 1.34. The molecular formula is C17H18N4O4. The molecule has 0 atom stereocenters. The molecule has 2 aromatic rings. The van der Waals surface area contributed by atoms with Gasteiger partial charge in [0.2, 0.25) is 6.79 Å². The van der Waals surface area contributed by atoms with Gasteiger partial charge in [0.15, 0.2) is 11.5 Å². The van der Waals surface area contributed by atoms with Crippen molar-refractivity contribution in [3.05, 3.63) is 51.9 Å². The Morgan fingerprint density at radius 2 is 1.88 bits per heavy atom. The second-order valence-corrected chi connectivity index (χ2v) is 6.06. The Kier molecular flexibility index (Phi) is 4.10. The van der Waals surface area contributed by atoms with Crippen molar-refractivity contribution in [1.29, 1.82) is 0 Å². The predicted octanol–water partition coefficient (Wildman–Crippen LogP) is 0.457. The van der Waals surface area contributed by atoms with Crippen LogP contribution in [0.15, 0.2) is 35.1 Å². The molecule has 0 aliphatic carbocycles. The lowest BCUT2D eigenvalue weighted by atomic mass is 10.1. The number of nitrogens with one attached hydrogen (secondary N) is 1. The summed E-state index contributed by atoms with van der Waals surface area (Å²) >= 11 is 0. The SMILES string of the molecule is O=C(c1ccc(=O)[nH]n1)N1CCN(Cc2ccc3c(c2)OCO3)CC1. The quantitative estimate of drug-likeness (QED) is 0.872. The second kappa shape index (κ2) is 6.56. The zero-order valence-electron chi connectivity index (χ0n) is 13.6. The number of amides is 1. The molecular weight excluding hydrogens is 324 g/mol. The number of rotatable bonds is 3. The highest BCUT2D eigenvalue weighted by atomic mass is 16.7. The van der Waals surface area contributed by atoms with E-state index in [0.717, 1.165) is 36.7 Å². The predicted molar refractivity (Wildman–Crippen MR) is 88.6 cm³/mol. The number of aromatic nitrogens is 2. The van der Waals surface area contributed by atoms with Crippen molar-refractivity contribution in [3.63, 3.8) is 0 Å². The molecule has 2 aliphatic heterocycles. The Hall–Kier alpha value is -2.87. The summed E-state index contributed by atoms with van der Waals surface area (Å²) in [4.78, 5) is 27.5. The first-order valence-electron chi connectivity index (χ1n) is 8.15. The lowest BCUT2D eigenvalue weighted by molar-refractivity contribution is 0.0621. The van der Waals surface area contributed by atoms with Gasteiger partial charge in [0, 0.05) is 38.8 Å². The number of carbonyl (C=O) groups excluding carboxylic acids is 1. The van der Waals surface area contributed by atoms with E-state index in [-0.39, 0.29) is 24.0 Å². The summed E-state index contributed by atoms with van der Waals surface area (Å²) in [6.07, 6.45) is 0. The summed E-state index contributed by atoms with van der Waals surface area (Å²) in [5, 5.41) is 6.10. The van der Waals surface area contributed by atoms with E-state index in [4.69, 9.17) is 9.47 Å². The largest absolute Gasteiger partial charge is 0.454 e. The highest BCUT2D eigenvalue weighted by Gasteiger charge is 2.23. The molecule has 1 fully saturated rings. The third kappa shape index (κ3) is 3.34. The maximum absolute atomic E-state index is 12.4. The molecule has 1 N–H and O–H groups in total. The number of hydrogen-bond donors (Lipinski definition) is 1. The Bertz CT molecular complexity index is 822. The van der Waals surface area contributed by atoms with Gasteiger partial charge >= 0.3 is 0 Å². The molecule has 1 aromatic carbocycles. The average molecular weight is 342 g/mol. The molecule has 25 heavy (non-hydrogen) atoms. The van der Waals surface area contributed by atoms with Crippen LogP contribution in [-0.4, -0.2) is 58.9 Å².